The zero-order valence-electron chi connectivity index (χ0n) is 11.9. The summed E-state index contributed by atoms with van der Waals surface area (Å²) in [5, 5.41) is 0. The Balaban J connectivity index is 2.29. The molecule has 1 aromatic carbocycles. The van der Waals surface area contributed by atoms with Crippen molar-refractivity contribution in [2.24, 2.45) is 5.92 Å². The lowest BCUT2D eigenvalue weighted by Crippen LogP contribution is -2.29. The second kappa shape index (κ2) is 5.08. The standard InChI is InChI=1S/C16H20O3/c1-5-16(3)11(2)14(15(17)19-16)10-12-6-8-13(18-4)9-7-12/h6-11H,5H2,1-4H3. The number of methoxy groups -OCH3 is 1. The van der Waals surface area contributed by atoms with Crippen molar-refractivity contribution in [3.63, 3.8) is 0 Å². The number of cyclic esters (lactones) is 1. The van der Waals surface area contributed by atoms with E-state index in [0.717, 1.165) is 23.3 Å². The summed E-state index contributed by atoms with van der Waals surface area (Å²) in [5.41, 5.74) is 1.35. The minimum Gasteiger partial charge on any atom is -0.497 e. The maximum atomic E-state index is 12.0. The van der Waals surface area contributed by atoms with Gasteiger partial charge in [-0.15, -0.1) is 0 Å². The molecule has 0 N–H and O–H groups in total. The minimum atomic E-state index is -0.380. The van der Waals surface area contributed by atoms with E-state index < -0.39 is 0 Å². The van der Waals surface area contributed by atoms with E-state index in [2.05, 4.69) is 0 Å². The molecule has 1 aliphatic rings. The number of hydrogen-bond donors (Lipinski definition) is 0. The van der Waals surface area contributed by atoms with Gasteiger partial charge in [0.1, 0.15) is 11.4 Å². The van der Waals surface area contributed by atoms with Gasteiger partial charge in [-0.05, 0) is 37.1 Å². The smallest absolute Gasteiger partial charge is 0.335 e. The quantitative estimate of drug-likeness (QED) is 0.617. The topological polar surface area (TPSA) is 35.5 Å². The SMILES string of the molecule is CCC1(C)OC(=O)C(=Cc2ccc(OC)cc2)C1C. The van der Waals surface area contributed by atoms with Crippen LogP contribution in [0.4, 0.5) is 0 Å². The lowest BCUT2D eigenvalue weighted by atomic mass is 9.85. The fourth-order valence-electron chi connectivity index (χ4n) is 2.31. The molecule has 0 aromatic heterocycles. The van der Waals surface area contributed by atoms with E-state index in [1.807, 2.05) is 51.1 Å². The number of carbonyl (C=O) groups is 1. The molecule has 3 nitrogen and oxygen atoms in total. The van der Waals surface area contributed by atoms with Gasteiger partial charge in [0.2, 0.25) is 0 Å². The molecule has 1 saturated heterocycles. The van der Waals surface area contributed by atoms with Crippen LogP contribution in [0.25, 0.3) is 6.08 Å². The minimum absolute atomic E-state index is 0.104. The van der Waals surface area contributed by atoms with Gasteiger partial charge >= 0.3 is 5.97 Å². The molecular formula is C16H20O3. The third kappa shape index (κ3) is 2.50. The van der Waals surface area contributed by atoms with Gasteiger partial charge in [0.15, 0.2) is 0 Å². The van der Waals surface area contributed by atoms with Gasteiger partial charge in [-0.25, -0.2) is 4.79 Å². The van der Waals surface area contributed by atoms with Crippen molar-refractivity contribution in [3.05, 3.63) is 35.4 Å². The largest absolute Gasteiger partial charge is 0.497 e. The number of ether oxygens (including phenoxy) is 2. The molecule has 1 aromatic rings. The highest BCUT2D eigenvalue weighted by Crippen LogP contribution is 2.39. The third-order valence-corrected chi connectivity index (χ3v) is 4.08. The summed E-state index contributed by atoms with van der Waals surface area (Å²) < 4.78 is 10.6. The van der Waals surface area contributed by atoms with Crippen molar-refractivity contribution in [3.8, 4) is 5.75 Å². The molecule has 0 amide bonds. The fourth-order valence-corrected chi connectivity index (χ4v) is 2.31. The predicted octanol–water partition coefficient (Wildman–Crippen LogP) is 3.44. The average Bonchev–Trinajstić information content (AvgIpc) is 2.64. The van der Waals surface area contributed by atoms with Crippen molar-refractivity contribution < 1.29 is 14.3 Å². The van der Waals surface area contributed by atoms with Crippen LogP contribution in [0.2, 0.25) is 0 Å². The van der Waals surface area contributed by atoms with E-state index >= 15 is 0 Å². The second-order valence-electron chi connectivity index (χ2n) is 5.15. The monoisotopic (exact) mass is 260 g/mol. The molecule has 2 unspecified atom stereocenters. The van der Waals surface area contributed by atoms with E-state index in [4.69, 9.17) is 9.47 Å². The van der Waals surface area contributed by atoms with Gasteiger partial charge < -0.3 is 9.47 Å². The van der Waals surface area contributed by atoms with E-state index in [1.165, 1.54) is 0 Å². The van der Waals surface area contributed by atoms with Crippen LogP contribution in [0, 0.1) is 5.92 Å². The van der Waals surface area contributed by atoms with E-state index in [-0.39, 0.29) is 17.5 Å². The molecule has 0 radical (unpaired) electrons. The molecule has 0 saturated carbocycles. The van der Waals surface area contributed by atoms with Crippen LogP contribution >= 0.6 is 0 Å². The molecule has 3 heteroatoms. The lowest BCUT2D eigenvalue weighted by Gasteiger charge is -2.25. The van der Waals surface area contributed by atoms with Crippen LogP contribution in [0.5, 0.6) is 5.75 Å². The fraction of sp³-hybridized carbons (Fsp3) is 0.438. The number of carbonyl (C=O) groups excluding carboxylic acids is 1. The van der Waals surface area contributed by atoms with Crippen molar-refractivity contribution in [2.75, 3.05) is 7.11 Å². The lowest BCUT2D eigenvalue weighted by molar-refractivity contribution is -0.146. The van der Waals surface area contributed by atoms with Gasteiger partial charge in [-0.3, -0.25) is 0 Å². The number of rotatable bonds is 3. The first-order chi connectivity index (χ1) is 9.00. The zero-order chi connectivity index (χ0) is 14.0. The van der Waals surface area contributed by atoms with Gasteiger partial charge in [0.05, 0.1) is 7.11 Å². The zero-order valence-corrected chi connectivity index (χ0v) is 11.9. The Morgan fingerprint density at radius 3 is 2.47 bits per heavy atom. The summed E-state index contributed by atoms with van der Waals surface area (Å²) in [7, 11) is 1.64. The van der Waals surface area contributed by atoms with E-state index in [0.29, 0.717) is 0 Å². The molecule has 2 atom stereocenters. The first-order valence-electron chi connectivity index (χ1n) is 6.59. The summed E-state index contributed by atoms with van der Waals surface area (Å²) in [5.74, 6) is 0.711. The average molecular weight is 260 g/mol. The summed E-state index contributed by atoms with van der Waals surface area (Å²) in [6.45, 7) is 6.08. The van der Waals surface area contributed by atoms with Gasteiger partial charge in [0, 0.05) is 11.5 Å². The molecule has 0 aliphatic carbocycles. The molecular weight excluding hydrogens is 240 g/mol. The highest BCUT2D eigenvalue weighted by Gasteiger charge is 2.45. The van der Waals surface area contributed by atoms with E-state index in [1.54, 1.807) is 7.11 Å². The third-order valence-electron chi connectivity index (χ3n) is 4.08. The number of hydrogen-bond acceptors (Lipinski definition) is 3. The van der Waals surface area contributed by atoms with Crippen LogP contribution in [0.3, 0.4) is 0 Å². The van der Waals surface area contributed by atoms with Gasteiger partial charge in [-0.2, -0.15) is 0 Å². The van der Waals surface area contributed by atoms with Gasteiger partial charge in [0.25, 0.3) is 0 Å². The summed E-state index contributed by atoms with van der Waals surface area (Å²) in [4.78, 5) is 12.0. The highest BCUT2D eigenvalue weighted by atomic mass is 16.6. The molecule has 2 rings (SSSR count). The molecule has 0 spiro atoms. The van der Waals surface area contributed by atoms with Crippen LogP contribution in [-0.2, 0) is 9.53 Å². The molecule has 1 heterocycles. The highest BCUT2D eigenvalue weighted by molar-refractivity contribution is 5.96. The molecule has 1 fully saturated rings. The molecule has 102 valence electrons. The van der Waals surface area contributed by atoms with Crippen molar-refractivity contribution >= 4 is 12.0 Å². The van der Waals surface area contributed by atoms with Crippen molar-refractivity contribution in [1.29, 1.82) is 0 Å². The maximum absolute atomic E-state index is 12.0. The first kappa shape index (κ1) is 13.7. The van der Waals surface area contributed by atoms with Crippen molar-refractivity contribution in [2.45, 2.75) is 32.8 Å². The molecule has 19 heavy (non-hydrogen) atoms. The normalized spacial score (nSPS) is 28.5. The van der Waals surface area contributed by atoms with E-state index in [9.17, 15) is 4.79 Å². The van der Waals surface area contributed by atoms with Crippen LogP contribution in [0.1, 0.15) is 32.8 Å². The number of esters is 1. The Kier molecular flexibility index (Phi) is 3.65. The Bertz CT molecular complexity index is 501. The van der Waals surface area contributed by atoms with Gasteiger partial charge in [-0.1, -0.05) is 26.0 Å². The molecule has 0 bridgehead atoms. The van der Waals surface area contributed by atoms with Crippen LogP contribution in [-0.4, -0.2) is 18.7 Å². The Morgan fingerprint density at radius 1 is 1.37 bits per heavy atom. The van der Waals surface area contributed by atoms with Crippen LogP contribution in [0.15, 0.2) is 29.8 Å². The van der Waals surface area contributed by atoms with Crippen molar-refractivity contribution in [1.82, 2.24) is 0 Å². The Labute approximate surface area is 114 Å². The second-order valence-corrected chi connectivity index (χ2v) is 5.15. The Morgan fingerprint density at radius 2 is 2.00 bits per heavy atom. The molecule has 1 aliphatic heterocycles. The number of benzene rings is 1. The summed E-state index contributed by atoms with van der Waals surface area (Å²) in [6.07, 6.45) is 2.73. The maximum Gasteiger partial charge on any atom is 0.335 e. The first-order valence-corrected chi connectivity index (χ1v) is 6.59. The Hall–Kier alpha value is -1.77. The van der Waals surface area contributed by atoms with Crippen LogP contribution < -0.4 is 4.74 Å². The predicted molar refractivity (Wildman–Crippen MR) is 74.9 cm³/mol. The summed E-state index contributed by atoms with van der Waals surface area (Å²) in [6, 6.07) is 7.65. The summed E-state index contributed by atoms with van der Waals surface area (Å²) >= 11 is 0.